The van der Waals surface area contributed by atoms with Crippen molar-refractivity contribution in [3.63, 3.8) is 0 Å². The number of nitrogens with two attached hydrogens (primary N) is 1. The van der Waals surface area contributed by atoms with Crippen LogP contribution in [-0.4, -0.2) is 20.7 Å². The van der Waals surface area contributed by atoms with Gasteiger partial charge in [-0.05, 0) is 18.6 Å². The van der Waals surface area contributed by atoms with Crippen molar-refractivity contribution in [2.24, 2.45) is 5.73 Å². The molecule has 1 unspecified atom stereocenters. The predicted octanol–water partition coefficient (Wildman–Crippen LogP) is 2.38. The van der Waals surface area contributed by atoms with Crippen molar-refractivity contribution in [2.75, 3.05) is 4.90 Å². The first kappa shape index (κ1) is 12.3. The minimum atomic E-state index is -0.144. The number of aromatic amines is 1. The van der Waals surface area contributed by atoms with Crippen LogP contribution in [0.25, 0.3) is 5.70 Å². The molecule has 5 nitrogen and oxygen atoms in total. The van der Waals surface area contributed by atoms with Gasteiger partial charge in [-0.3, -0.25) is 10.00 Å². The van der Waals surface area contributed by atoms with Gasteiger partial charge in [-0.25, -0.2) is 4.98 Å². The van der Waals surface area contributed by atoms with Gasteiger partial charge in [0.05, 0.1) is 11.9 Å². The van der Waals surface area contributed by atoms with E-state index in [9.17, 15) is 0 Å². The zero-order valence-corrected chi connectivity index (χ0v) is 11.4. The maximum atomic E-state index is 6.25. The van der Waals surface area contributed by atoms with Gasteiger partial charge in [-0.15, -0.1) is 0 Å². The van der Waals surface area contributed by atoms with Crippen LogP contribution in [0, 0.1) is 0 Å². The average Bonchev–Trinajstić information content (AvgIpc) is 3.06. The van der Waals surface area contributed by atoms with Crippen LogP contribution in [-0.2, 0) is 0 Å². The molecule has 0 fully saturated rings. The number of allylic oxidation sites excluding steroid dienone is 1. The topological polar surface area (TPSA) is 70.8 Å². The highest BCUT2D eigenvalue weighted by atomic mass is 32.2. The molecular weight excluding hydrogens is 258 g/mol. The van der Waals surface area contributed by atoms with Crippen LogP contribution in [0.5, 0.6) is 0 Å². The Bertz CT molecular complexity index is 578. The third-order valence-electron chi connectivity index (χ3n) is 3.01. The molecule has 98 valence electrons. The van der Waals surface area contributed by atoms with Gasteiger partial charge in [0.25, 0.3) is 0 Å². The van der Waals surface area contributed by atoms with Crippen LogP contribution >= 0.6 is 11.8 Å². The summed E-state index contributed by atoms with van der Waals surface area (Å²) >= 11 is 1.68. The van der Waals surface area contributed by atoms with E-state index in [1.807, 2.05) is 30.6 Å². The van der Waals surface area contributed by atoms with Gasteiger partial charge in [-0.2, -0.15) is 5.10 Å². The largest absolute Gasteiger partial charge is 0.302 e. The van der Waals surface area contributed by atoms with E-state index >= 15 is 0 Å². The zero-order chi connectivity index (χ0) is 13.2. The minimum Gasteiger partial charge on any atom is -0.302 e. The lowest BCUT2D eigenvalue weighted by Gasteiger charge is -2.24. The molecule has 6 heteroatoms. The van der Waals surface area contributed by atoms with Crippen LogP contribution in [0.2, 0.25) is 0 Å². The normalized spacial score (nSPS) is 19.3. The number of rotatable bonds is 3. The molecule has 2 aromatic heterocycles. The van der Waals surface area contributed by atoms with Crippen LogP contribution in [0.15, 0.2) is 41.7 Å². The predicted molar refractivity (Wildman–Crippen MR) is 78.1 cm³/mol. The molecule has 0 saturated carbocycles. The van der Waals surface area contributed by atoms with Gasteiger partial charge in [0.1, 0.15) is 11.3 Å². The first-order valence-electron chi connectivity index (χ1n) is 6.16. The Kier molecular flexibility index (Phi) is 3.27. The van der Waals surface area contributed by atoms with Crippen molar-refractivity contribution in [2.45, 2.75) is 18.8 Å². The van der Waals surface area contributed by atoms with Gasteiger partial charge in [0.15, 0.2) is 0 Å². The number of anilines is 1. The van der Waals surface area contributed by atoms with E-state index in [2.05, 4.69) is 27.0 Å². The number of aromatic nitrogens is 3. The SMILES string of the molecule is CCC1=C(c2cn[nH]c2)N(c2ccccn2)C(N)S1. The Morgan fingerprint density at radius 2 is 2.37 bits per heavy atom. The molecule has 0 saturated heterocycles. The molecule has 0 radical (unpaired) electrons. The highest BCUT2D eigenvalue weighted by Gasteiger charge is 2.32. The van der Waals surface area contributed by atoms with E-state index in [1.165, 1.54) is 4.91 Å². The Labute approximate surface area is 115 Å². The quantitative estimate of drug-likeness (QED) is 0.898. The summed E-state index contributed by atoms with van der Waals surface area (Å²) in [7, 11) is 0. The van der Waals surface area contributed by atoms with Gasteiger partial charge in [0.2, 0.25) is 0 Å². The standard InChI is InChI=1S/C13H15N5S/c1-2-10-12(9-7-16-17-8-9)18(13(14)19-10)11-5-3-4-6-15-11/h3-8,13H,2,14H2,1H3,(H,16,17). The van der Waals surface area contributed by atoms with Gasteiger partial charge in [-0.1, -0.05) is 24.8 Å². The second-order valence-electron chi connectivity index (χ2n) is 4.18. The van der Waals surface area contributed by atoms with Gasteiger partial charge < -0.3 is 5.73 Å². The second kappa shape index (κ2) is 5.07. The summed E-state index contributed by atoms with van der Waals surface area (Å²) in [5, 5.41) is 6.89. The molecular formula is C13H15N5S. The lowest BCUT2D eigenvalue weighted by Crippen LogP contribution is -2.35. The second-order valence-corrected chi connectivity index (χ2v) is 5.39. The van der Waals surface area contributed by atoms with E-state index in [1.54, 1.807) is 18.0 Å². The fourth-order valence-electron chi connectivity index (χ4n) is 2.19. The summed E-state index contributed by atoms with van der Waals surface area (Å²) in [6.07, 6.45) is 6.44. The fourth-order valence-corrected chi connectivity index (χ4v) is 3.29. The van der Waals surface area contributed by atoms with Gasteiger partial charge >= 0.3 is 0 Å². The van der Waals surface area contributed by atoms with Crippen molar-refractivity contribution in [3.05, 3.63) is 47.3 Å². The van der Waals surface area contributed by atoms with Crippen LogP contribution in [0.1, 0.15) is 18.9 Å². The molecule has 19 heavy (non-hydrogen) atoms. The summed E-state index contributed by atoms with van der Waals surface area (Å²) < 4.78 is 0. The number of hydrogen-bond donors (Lipinski definition) is 2. The molecule has 0 bridgehead atoms. The summed E-state index contributed by atoms with van der Waals surface area (Å²) in [6, 6.07) is 5.84. The molecule has 3 rings (SSSR count). The highest BCUT2D eigenvalue weighted by molar-refractivity contribution is 8.04. The molecule has 1 aliphatic heterocycles. The van der Waals surface area contributed by atoms with Crippen molar-refractivity contribution >= 4 is 23.3 Å². The van der Waals surface area contributed by atoms with Crippen molar-refractivity contribution in [1.29, 1.82) is 0 Å². The number of nitrogens with one attached hydrogen (secondary N) is 1. The first-order valence-corrected chi connectivity index (χ1v) is 7.04. The monoisotopic (exact) mass is 273 g/mol. The Balaban J connectivity index is 2.09. The lowest BCUT2D eigenvalue weighted by molar-refractivity contribution is 0.916. The fraction of sp³-hybridized carbons (Fsp3) is 0.231. The Morgan fingerprint density at radius 1 is 1.47 bits per heavy atom. The minimum absolute atomic E-state index is 0.144. The molecule has 0 aliphatic carbocycles. The van der Waals surface area contributed by atoms with Gasteiger partial charge in [0, 0.05) is 22.9 Å². The molecule has 1 atom stereocenters. The molecule has 1 aliphatic rings. The third-order valence-corrected chi connectivity index (χ3v) is 4.23. The van der Waals surface area contributed by atoms with E-state index in [4.69, 9.17) is 5.73 Å². The van der Waals surface area contributed by atoms with E-state index in [0.29, 0.717) is 0 Å². The van der Waals surface area contributed by atoms with E-state index in [0.717, 1.165) is 23.5 Å². The van der Waals surface area contributed by atoms with E-state index in [-0.39, 0.29) is 5.50 Å². The van der Waals surface area contributed by atoms with Crippen LogP contribution in [0.3, 0.4) is 0 Å². The van der Waals surface area contributed by atoms with Crippen molar-refractivity contribution in [3.8, 4) is 0 Å². The van der Waals surface area contributed by atoms with Crippen molar-refractivity contribution < 1.29 is 0 Å². The molecule has 0 aromatic carbocycles. The van der Waals surface area contributed by atoms with Crippen LogP contribution in [0.4, 0.5) is 5.82 Å². The highest BCUT2D eigenvalue weighted by Crippen LogP contribution is 2.44. The Morgan fingerprint density at radius 3 is 3.00 bits per heavy atom. The average molecular weight is 273 g/mol. The number of thioether (sulfide) groups is 1. The smallest absolute Gasteiger partial charge is 0.135 e. The number of H-pyrrole nitrogens is 1. The lowest BCUT2D eigenvalue weighted by atomic mass is 10.2. The molecule has 3 heterocycles. The van der Waals surface area contributed by atoms with E-state index < -0.39 is 0 Å². The number of nitrogens with zero attached hydrogens (tertiary/aromatic N) is 3. The molecule has 0 spiro atoms. The summed E-state index contributed by atoms with van der Waals surface area (Å²) in [6.45, 7) is 2.14. The van der Waals surface area contributed by atoms with Crippen LogP contribution < -0.4 is 10.6 Å². The number of pyridine rings is 1. The maximum absolute atomic E-state index is 6.25. The molecule has 0 amide bonds. The first-order chi connectivity index (χ1) is 9.31. The third kappa shape index (κ3) is 2.13. The maximum Gasteiger partial charge on any atom is 0.135 e. The summed E-state index contributed by atoms with van der Waals surface area (Å²) in [5.41, 5.74) is 8.25. The summed E-state index contributed by atoms with van der Waals surface area (Å²) in [4.78, 5) is 7.74. The van der Waals surface area contributed by atoms with Crippen molar-refractivity contribution in [1.82, 2.24) is 15.2 Å². The zero-order valence-electron chi connectivity index (χ0n) is 10.6. The molecule has 2 aromatic rings. The summed E-state index contributed by atoms with van der Waals surface area (Å²) in [5.74, 6) is 0.863. The number of hydrogen-bond acceptors (Lipinski definition) is 5. The Hall–Kier alpha value is -1.79. The molecule has 3 N–H and O–H groups in total.